The fourth-order valence-corrected chi connectivity index (χ4v) is 4.79. The third-order valence-electron chi connectivity index (χ3n) is 6.57. The molecule has 1 aliphatic rings. The normalized spacial score (nSPS) is 15.2. The Kier molecular flexibility index (Phi) is 6.67. The first-order chi connectivity index (χ1) is 19.3. The predicted octanol–water partition coefficient (Wildman–Crippen LogP) is 3.33. The number of rotatable bonds is 5. The highest BCUT2D eigenvalue weighted by atomic mass is 16.5. The van der Waals surface area contributed by atoms with Crippen molar-refractivity contribution in [2.45, 2.75) is 12.8 Å². The van der Waals surface area contributed by atoms with E-state index in [1.165, 1.54) is 11.9 Å². The molecule has 1 aliphatic heterocycles. The van der Waals surface area contributed by atoms with Crippen molar-refractivity contribution in [1.29, 1.82) is 5.26 Å². The van der Waals surface area contributed by atoms with Crippen LogP contribution in [0.3, 0.4) is 0 Å². The number of aromatic nitrogens is 3. The third-order valence-corrected chi connectivity index (χ3v) is 6.57. The number of allylic oxidation sites excluding steroid dienone is 1. The van der Waals surface area contributed by atoms with Crippen molar-refractivity contribution in [1.82, 2.24) is 15.0 Å². The Labute approximate surface area is 228 Å². The van der Waals surface area contributed by atoms with E-state index in [1.54, 1.807) is 61.5 Å². The highest BCUT2D eigenvalue weighted by molar-refractivity contribution is 6.06. The fraction of sp³-hybridized carbons (Fsp3) is 0.138. The molecule has 0 bridgehead atoms. The Hall–Kier alpha value is -5.63. The summed E-state index contributed by atoms with van der Waals surface area (Å²) >= 11 is 0. The van der Waals surface area contributed by atoms with Crippen LogP contribution in [0.5, 0.6) is 5.75 Å². The second-order valence-electron chi connectivity index (χ2n) is 8.97. The molecule has 1 atom stereocenters. The molecule has 5 rings (SSSR count). The van der Waals surface area contributed by atoms with E-state index >= 15 is 0 Å². The second-order valence-corrected chi connectivity index (χ2v) is 8.97. The van der Waals surface area contributed by atoms with Crippen LogP contribution in [0, 0.1) is 18.3 Å². The van der Waals surface area contributed by atoms with E-state index in [0.29, 0.717) is 22.2 Å². The zero-order valence-electron chi connectivity index (χ0n) is 21.8. The number of nitrogens with zero attached hydrogens (tertiary/aromatic N) is 5. The number of fused-ring (bicyclic) bond motifs is 1. The van der Waals surface area contributed by atoms with Crippen LogP contribution in [-0.4, -0.2) is 46.3 Å². The summed E-state index contributed by atoms with van der Waals surface area (Å²) in [5.74, 6) is -3.35. The highest BCUT2D eigenvalue weighted by Crippen LogP contribution is 2.46. The molecule has 3 N–H and O–H groups in total. The van der Waals surface area contributed by atoms with Gasteiger partial charge in [0.1, 0.15) is 28.2 Å². The summed E-state index contributed by atoms with van der Waals surface area (Å²) < 4.78 is 10.1. The van der Waals surface area contributed by atoms with E-state index in [0.717, 1.165) is 12.0 Å². The third kappa shape index (κ3) is 4.17. The maximum absolute atomic E-state index is 13.4. The van der Waals surface area contributed by atoms with Gasteiger partial charge >= 0.3 is 11.9 Å². The molecule has 200 valence electrons. The lowest BCUT2D eigenvalue weighted by Gasteiger charge is -2.36. The average Bonchev–Trinajstić information content (AvgIpc) is 3.41. The number of phenolic OH excluding ortho intramolecular Hbond substituents is 1. The van der Waals surface area contributed by atoms with Gasteiger partial charge < -0.3 is 20.3 Å². The summed E-state index contributed by atoms with van der Waals surface area (Å²) in [4.78, 5) is 29.1. The van der Waals surface area contributed by atoms with Gasteiger partial charge in [0.05, 0.1) is 43.0 Å². The molecule has 0 fully saturated rings. The Morgan fingerprint density at radius 1 is 0.950 bits per heavy atom. The number of hydrogen-bond acceptors (Lipinski definition) is 10. The molecule has 3 aromatic carbocycles. The molecule has 0 amide bonds. The molecule has 0 aliphatic carbocycles. The van der Waals surface area contributed by atoms with E-state index in [1.807, 2.05) is 12.1 Å². The molecule has 0 radical (unpaired) electrons. The molecule has 0 saturated carbocycles. The highest BCUT2D eigenvalue weighted by Gasteiger charge is 2.43. The molecule has 0 saturated heterocycles. The van der Waals surface area contributed by atoms with Crippen LogP contribution in [0.25, 0.3) is 16.7 Å². The Morgan fingerprint density at radius 3 is 2.10 bits per heavy atom. The number of nitrogens with two attached hydrogens (primary N) is 1. The Balaban J connectivity index is 1.82. The molecule has 11 nitrogen and oxygen atoms in total. The van der Waals surface area contributed by atoms with Crippen molar-refractivity contribution in [3.05, 3.63) is 101 Å². The van der Waals surface area contributed by atoms with Gasteiger partial charge in [-0.3, -0.25) is 4.90 Å². The van der Waals surface area contributed by atoms with Gasteiger partial charge in [-0.25, -0.2) is 9.59 Å². The van der Waals surface area contributed by atoms with Crippen LogP contribution in [0.4, 0.5) is 5.69 Å². The number of phenols is 1. The molecule has 1 aromatic heterocycles. The van der Waals surface area contributed by atoms with Crippen molar-refractivity contribution in [2.75, 3.05) is 19.1 Å². The standard InChI is InChI=1S/C29H24N6O5/c1-16-13-21(26(36)22(14-16)35-32-19-11-7-8-12-20(19)33-35)34-25(29(38)40-3)24(28(37)39-2)23(18(15-30)27(34)31)17-9-5-4-6-10-17/h4-14,23,36H,31H2,1-3H3. The molecule has 2 heterocycles. The van der Waals surface area contributed by atoms with Crippen LogP contribution >= 0.6 is 0 Å². The lowest BCUT2D eigenvalue weighted by molar-refractivity contribution is -0.139. The van der Waals surface area contributed by atoms with E-state index < -0.39 is 17.9 Å². The van der Waals surface area contributed by atoms with Gasteiger partial charge in [-0.05, 0) is 42.3 Å². The molecule has 1 unspecified atom stereocenters. The topological polar surface area (TPSA) is 157 Å². The lowest BCUT2D eigenvalue weighted by Crippen LogP contribution is -2.40. The van der Waals surface area contributed by atoms with Crippen LogP contribution in [0.2, 0.25) is 0 Å². The summed E-state index contributed by atoms with van der Waals surface area (Å²) in [7, 11) is 2.32. The number of ether oxygens (including phenoxy) is 2. The van der Waals surface area contributed by atoms with Crippen molar-refractivity contribution in [3.63, 3.8) is 0 Å². The van der Waals surface area contributed by atoms with E-state index in [-0.39, 0.29) is 39.8 Å². The number of carbonyl (C=O) groups is 2. The Morgan fingerprint density at radius 2 is 1.52 bits per heavy atom. The summed E-state index contributed by atoms with van der Waals surface area (Å²) in [6.07, 6.45) is 0. The van der Waals surface area contributed by atoms with Gasteiger partial charge in [0.15, 0.2) is 5.75 Å². The predicted molar refractivity (Wildman–Crippen MR) is 145 cm³/mol. The number of benzene rings is 3. The summed E-state index contributed by atoms with van der Waals surface area (Å²) in [5, 5.41) is 30.7. The van der Waals surface area contributed by atoms with Gasteiger partial charge in [0.25, 0.3) is 0 Å². The minimum Gasteiger partial charge on any atom is -0.504 e. The van der Waals surface area contributed by atoms with Gasteiger partial charge in [-0.2, -0.15) is 5.26 Å². The smallest absolute Gasteiger partial charge is 0.355 e. The molecule has 11 heteroatoms. The lowest BCUT2D eigenvalue weighted by atomic mass is 9.81. The maximum atomic E-state index is 13.4. The first-order valence-electron chi connectivity index (χ1n) is 12.1. The van der Waals surface area contributed by atoms with E-state index in [9.17, 15) is 20.0 Å². The van der Waals surface area contributed by atoms with Crippen molar-refractivity contribution in [3.8, 4) is 17.5 Å². The number of carbonyl (C=O) groups excluding carboxylic acids is 2. The minimum absolute atomic E-state index is 0.00919. The van der Waals surface area contributed by atoms with Crippen LogP contribution < -0.4 is 10.6 Å². The van der Waals surface area contributed by atoms with E-state index in [4.69, 9.17) is 15.2 Å². The molecule has 4 aromatic rings. The molecule has 0 spiro atoms. The van der Waals surface area contributed by atoms with E-state index in [2.05, 4.69) is 16.3 Å². The number of esters is 2. The number of methoxy groups -OCH3 is 2. The molecule has 40 heavy (non-hydrogen) atoms. The zero-order valence-corrected chi connectivity index (χ0v) is 21.8. The van der Waals surface area contributed by atoms with Gasteiger partial charge in [-0.1, -0.05) is 42.5 Å². The van der Waals surface area contributed by atoms with Crippen LogP contribution in [-0.2, 0) is 19.1 Å². The van der Waals surface area contributed by atoms with Gasteiger partial charge in [-0.15, -0.1) is 15.0 Å². The summed E-state index contributed by atoms with van der Waals surface area (Å²) in [6, 6.07) is 21.2. The van der Waals surface area contributed by atoms with Crippen LogP contribution in [0.1, 0.15) is 17.0 Å². The first-order valence-corrected chi connectivity index (χ1v) is 12.1. The number of aryl methyl sites for hydroxylation is 1. The zero-order chi connectivity index (χ0) is 28.6. The Bertz CT molecular complexity index is 1730. The number of nitriles is 1. The first kappa shape index (κ1) is 26.0. The summed E-state index contributed by atoms with van der Waals surface area (Å²) in [5.41, 5.74) is 8.67. The quantitative estimate of drug-likeness (QED) is 0.363. The number of hydrogen-bond donors (Lipinski definition) is 2. The number of aromatic hydroxyl groups is 1. The molecular weight excluding hydrogens is 512 g/mol. The summed E-state index contributed by atoms with van der Waals surface area (Å²) in [6.45, 7) is 1.76. The molecular formula is C29H24N6O5. The largest absolute Gasteiger partial charge is 0.504 e. The van der Waals surface area contributed by atoms with Crippen molar-refractivity contribution in [2.24, 2.45) is 5.73 Å². The van der Waals surface area contributed by atoms with Gasteiger partial charge in [0, 0.05) is 0 Å². The van der Waals surface area contributed by atoms with Crippen molar-refractivity contribution >= 4 is 28.7 Å². The van der Waals surface area contributed by atoms with Crippen LogP contribution in [0.15, 0.2) is 89.4 Å². The fourth-order valence-electron chi connectivity index (χ4n) is 4.79. The minimum atomic E-state index is -1.03. The second kappa shape index (κ2) is 10.3. The number of anilines is 1. The van der Waals surface area contributed by atoms with Crippen molar-refractivity contribution < 1.29 is 24.2 Å². The average molecular weight is 537 g/mol. The van der Waals surface area contributed by atoms with Gasteiger partial charge in [0.2, 0.25) is 0 Å². The maximum Gasteiger partial charge on any atom is 0.355 e. The monoisotopic (exact) mass is 536 g/mol. The SMILES string of the molecule is COC(=O)C1=C(C(=O)OC)N(c2cc(C)cc(-n3nc4ccccc4n3)c2O)C(N)=C(C#N)C1c1ccccc1.